The molecule has 2 unspecified atom stereocenters. The van der Waals surface area contributed by atoms with Crippen molar-refractivity contribution in [2.75, 3.05) is 32.8 Å². The molecular formula is C16H32N2O. The van der Waals surface area contributed by atoms with Crippen LogP contribution in [0, 0.1) is 11.8 Å². The van der Waals surface area contributed by atoms with Crippen LogP contribution in [0.5, 0.6) is 0 Å². The molecule has 3 heteroatoms. The molecule has 0 spiro atoms. The summed E-state index contributed by atoms with van der Waals surface area (Å²) in [4.78, 5) is 2.78. The Hall–Kier alpha value is -0.120. The maximum atomic E-state index is 5.49. The van der Waals surface area contributed by atoms with Crippen LogP contribution in [-0.4, -0.2) is 49.8 Å². The first-order chi connectivity index (χ1) is 9.19. The summed E-state index contributed by atoms with van der Waals surface area (Å²) in [5.41, 5.74) is 0. The first kappa shape index (κ1) is 15.3. The molecule has 2 fully saturated rings. The van der Waals surface area contributed by atoms with Crippen molar-refractivity contribution in [2.45, 2.75) is 58.5 Å². The predicted octanol–water partition coefficient (Wildman–Crippen LogP) is 2.51. The summed E-state index contributed by atoms with van der Waals surface area (Å²) in [6.07, 6.45) is 5.09. The van der Waals surface area contributed by atoms with Gasteiger partial charge in [0.15, 0.2) is 0 Å². The fourth-order valence-corrected chi connectivity index (χ4v) is 3.46. The summed E-state index contributed by atoms with van der Waals surface area (Å²) in [7, 11) is 0. The second kappa shape index (κ2) is 7.61. The molecule has 2 aliphatic heterocycles. The molecule has 3 nitrogen and oxygen atoms in total. The molecule has 0 aromatic rings. The van der Waals surface area contributed by atoms with E-state index in [1.807, 2.05) is 0 Å². The van der Waals surface area contributed by atoms with E-state index in [0.717, 1.165) is 31.1 Å². The van der Waals surface area contributed by atoms with Crippen molar-refractivity contribution in [1.29, 1.82) is 0 Å². The fraction of sp³-hybridized carbons (Fsp3) is 1.00. The van der Waals surface area contributed by atoms with Gasteiger partial charge in [-0.1, -0.05) is 20.8 Å². The van der Waals surface area contributed by atoms with Crippen LogP contribution >= 0.6 is 0 Å². The molecule has 19 heavy (non-hydrogen) atoms. The SMILES string of the molecule is CCC1CN(CC2CCOCC2)C(CC(C)C)CN1. The molecule has 2 aliphatic rings. The molecular weight excluding hydrogens is 236 g/mol. The average molecular weight is 268 g/mol. The van der Waals surface area contributed by atoms with Crippen molar-refractivity contribution >= 4 is 0 Å². The van der Waals surface area contributed by atoms with Gasteiger partial charge in [0, 0.05) is 44.9 Å². The number of piperazine rings is 1. The Balaban J connectivity index is 1.89. The number of hydrogen-bond donors (Lipinski definition) is 1. The Bertz CT molecular complexity index is 251. The Morgan fingerprint density at radius 1 is 1.26 bits per heavy atom. The molecule has 0 radical (unpaired) electrons. The predicted molar refractivity (Wildman–Crippen MR) is 80.4 cm³/mol. The molecule has 0 saturated carbocycles. The summed E-state index contributed by atoms with van der Waals surface area (Å²) in [5, 5.41) is 3.73. The number of nitrogens with zero attached hydrogens (tertiary/aromatic N) is 1. The van der Waals surface area contributed by atoms with Crippen LogP contribution in [0.15, 0.2) is 0 Å². The van der Waals surface area contributed by atoms with Gasteiger partial charge in [0.2, 0.25) is 0 Å². The molecule has 2 atom stereocenters. The molecule has 2 rings (SSSR count). The van der Waals surface area contributed by atoms with Crippen molar-refractivity contribution in [3.05, 3.63) is 0 Å². The lowest BCUT2D eigenvalue weighted by molar-refractivity contribution is 0.0319. The van der Waals surface area contributed by atoms with Gasteiger partial charge in [-0.25, -0.2) is 0 Å². The minimum Gasteiger partial charge on any atom is -0.381 e. The van der Waals surface area contributed by atoms with Gasteiger partial charge in [-0.15, -0.1) is 0 Å². The molecule has 2 heterocycles. The van der Waals surface area contributed by atoms with Gasteiger partial charge in [0.1, 0.15) is 0 Å². The molecule has 0 amide bonds. The van der Waals surface area contributed by atoms with Gasteiger partial charge in [0.25, 0.3) is 0 Å². The number of rotatable bonds is 5. The summed E-state index contributed by atoms with van der Waals surface area (Å²) in [6.45, 7) is 12.7. The first-order valence-corrected chi connectivity index (χ1v) is 8.24. The highest BCUT2D eigenvalue weighted by molar-refractivity contribution is 4.87. The third-order valence-corrected chi connectivity index (χ3v) is 4.68. The highest BCUT2D eigenvalue weighted by atomic mass is 16.5. The number of nitrogens with one attached hydrogen (secondary N) is 1. The smallest absolute Gasteiger partial charge is 0.0469 e. The van der Waals surface area contributed by atoms with Gasteiger partial charge in [-0.05, 0) is 37.5 Å². The standard InChI is InChI=1S/C16H32N2O/c1-4-15-12-18(11-14-5-7-19-8-6-14)16(10-17-15)9-13(2)3/h13-17H,4-12H2,1-3H3. The van der Waals surface area contributed by atoms with Gasteiger partial charge in [-0.3, -0.25) is 4.90 Å². The van der Waals surface area contributed by atoms with E-state index in [1.54, 1.807) is 0 Å². The normalized spacial score (nSPS) is 30.9. The Kier molecular flexibility index (Phi) is 6.11. The third kappa shape index (κ3) is 4.73. The topological polar surface area (TPSA) is 24.5 Å². The molecule has 0 aliphatic carbocycles. The van der Waals surface area contributed by atoms with Gasteiger partial charge < -0.3 is 10.1 Å². The van der Waals surface area contributed by atoms with E-state index in [2.05, 4.69) is 31.0 Å². The van der Waals surface area contributed by atoms with Crippen molar-refractivity contribution in [3.8, 4) is 0 Å². The Morgan fingerprint density at radius 2 is 2.00 bits per heavy atom. The highest BCUT2D eigenvalue weighted by Gasteiger charge is 2.29. The number of ether oxygens (including phenoxy) is 1. The van der Waals surface area contributed by atoms with E-state index in [9.17, 15) is 0 Å². The zero-order valence-electron chi connectivity index (χ0n) is 13.0. The van der Waals surface area contributed by atoms with E-state index in [4.69, 9.17) is 4.74 Å². The number of hydrogen-bond acceptors (Lipinski definition) is 3. The van der Waals surface area contributed by atoms with Gasteiger partial charge >= 0.3 is 0 Å². The minimum absolute atomic E-state index is 0.697. The molecule has 0 aromatic heterocycles. The summed E-state index contributed by atoms with van der Waals surface area (Å²) in [6, 6.07) is 1.44. The van der Waals surface area contributed by atoms with Crippen molar-refractivity contribution in [1.82, 2.24) is 10.2 Å². The van der Waals surface area contributed by atoms with Crippen LogP contribution in [0.2, 0.25) is 0 Å². The highest BCUT2D eigenvalue weighted by Crippen LogP contribution is 2.22. The van der Waals surface area contributed by atoms with Crippen molar-refractivity contribution in [3.63, 3.8) is 0 Å². The van der Waals surface area contributed by atoms with Crippen molar-refractivity contribution < 1.29 is 4.74 Å². The lowest BCUT2D eigenvalue weighted by Gasteiger charge is -2.43. The summed E-state index contributed by atoms with van der Waals surface area (Å²) >= 11 is 0. The largest absolute Gasteiger partial charge is 0.381 e. The molecule has 112 valence electrons. The average Bonchev–Trinajstić information content (AvgIpc) is 2.41. The third-order valence-electron chi connectivity index (χ3n) is 4.68. The zero-order valence-corrected chi connectivity index (χ0v) is 13.0. The van der Waals surface area contributed by atoms with Crippen molar-refractivity contribution in [2.24, 2.45) is 11.8 Å². The second-order valence-electron chi connectivity index (χ2n) is 6.81. The summed E-state index contributed by atoms with van der Waals surface area (Å²) in [5.74, 6) is 1.65. The van der Waals surface area contributed by atoms with Crippen LogP contribution in [0.3, 0.4) is 0 Å². The zero-order chi connectivity index (χ0) is 13.7. The summed E-state index contributed by atoms with van der Waals surface area (Å²) < 4.78 is 5.49. The van der Waals surface area contributed by atoms with Crippen LogP contribution in [0.25, 0.3) is 0 Å². The molecule has 0 aromatic carbocycles. The van der Waals surface area contributed by atoms with Gasteiger partial charge in [-0.2, -0.15) is 0 Å². The molecule has 0 bridgehead atoms. The maximum Gasteiger partial charge on any atom is 0.0469 e. The van der Waals surface area contributed by atoms with E-state index in [-0.39, 0.29) is 0 Å². The maximum absolute atomic E-state index is 5.49. The lowest BCUT2D eigenvalue weighted by Crippen LogP contribution is -2.57. The van der Waals surface area contributed by atoms with Gasteiger partial charge in [0.05, 0.1) is 0 Å². The van der Waals surface area contributed by atoms with Crippen LogP contribution in [-0.2, 0) is 4.74 Å². The van der Waals surface area contributed by atoms with E-state index >= 15 is 0 Å². The fourth-order valence-electron chi connectivity index (χ4n) is 3.46. The van der Waals surface area contributed by atoms with Crippen LogP contribution < -0.4 is 5.32 Å². The van der Waals surface area contributed by atoms with E-state index < -0.39 is 0 Å². The second-order valence-corrected chi connectivity index (χ2v) is 6.81. The van der Waals surface area contributed by atoms with E-state index in [0.29, 0.717) is 6.04 Å². The molecule has 1 N–H and O–H groups in total. The Morgan fingerprint density at radius 3 is 2.63 bits per heavy atom. The first-order valence-electron chi connectivity index (χ1n) is 8.24. The monoisotopic (exact) mass is 268 g/mol. The minimum atomic E-state index is 0.697. The van der Waals surface area contributed by atoms with Crippen LogP contribution in [0.1, 0.15) is 46.5 Å². The lowest BCUT2D eigenvalue weighted by atomic mass is 9.94. The Labute approximate surface area is 119 Å². The quantitative estimate of drug-likeness (QED) is 0.829. The van der Waals surface area contributed by atoms with Crippen LogP contribution in [0.4, 0.5) is 0 Å². The van der Waals surface area contributed by atoms with E-state index in [1.165, 1.54) is 45.3 Å². The molecule has 2 saturated heterocycles.